The molecule has 32 heavy (non-hydrogen) atoms. The summed E-state index contributed by atoms with van der Waals surface area (Å²) < 4.78 is 33.2. The smallest absolute Gasteiger partial charge is 0.243 e. The van der Waals surface area contributed by atoms with Crippen molar-refractivity contribution in [3.05, 3.63) is 65.7 Å². The van der Waals surface area contributed by atoms with Crippen LogP contribution in [0, 0.1) is 13.8 Å². The Bertz CT molecular complexity index is 1150. The van der Waals surface area contributed by atoms with Crippen molar-refractivity contribution in [2.75, 3.05) is 37.7 Å². The quantitative estimate of drug-likeness (QED) is 0.568. The Morgan fingerprint density at radius 1 is 0.875 bits per heavy atom. The highest BCUT2D eigenvalue weighted by molar-refractivity contribution is 7.89. The molecule has 168 valence electrons. The van der Waals surface area contributed by atoms with E-state index in [9.17, 15) is 8.42 Å². The lowest BCUT2D eigenvalue weighted by molar-refractivity contribution is 0.340. The molecule has 0 aliphatic carbocycles. The maximum atomic E-state index is 13.1. The van der Waals surface area contributed by atoms with Gasteiger partial charge < -0.3 is 9.64 Å². The summed E-state index contributed by atoms with van der Waals surface area (Å²) in [6.45, 7) is 8.39. The number of sulfonamides is 1. The van der Waals surface area contributed by atoms with Crippen LogP contribution in [0.1, 0.15) is 18.1 Å². The average molecular weight is 453 g/mol. The molecule has 1 saturated heterocycles. The number of piperazine rings is 1. The monoisotopic (exact) mass is 452 g/mol. The van der Waals surface area contributed by atoms with Crippen LogP contribution in [0.15, 0.2) is 59.5 Å². The molecule has 1 aliphatic rings. The topological polar surface area (TPSA) is 75.6 Å². The van der Waals surface area contributed by atoms with Crippen molar-refractivity contribution in [1.82, 2.24) is 14.5 Å². The van der Waals surface area contributed by atoms with Gasteiger partial charge in [-0.15, -0.1) is 10.2 Å². The summed E-state index contributed by atoms with van der Waals surface area (Å²) in [6.07, 6.45) is 0. The van der Waals surface area contributed by atoms with Crippen LogP contribution in [0.25, 0.3) is 11.3 Å². The van der Waals surface area contributed by atoms with Crippen LogP contribution < -0.4 is 9.64 Å². The Hall–Kier alpha value is -2.97. The van der Waals surface area contributed by atoms with Gasteiger partial charge in [0, 0.05) is 31.7 Å². The summed E-state index contributed by atoms with van der Waals surface area (Å²) in [5.41, 5.74) is 3.65. The average Bonchev–Trinajstić information content (AvgIpc) is 2.79. The fraction of sp³-hybridized carbons (Fsp3) is 0.333. The molecule has 0 unspecified atom stereocenters. The minimum atomic E-state index is -3.50. The van der Waals surface area contributed by atoms with Crippen molar-refractivity contribution >= 4 is 15.8 Å². The highest BCUT2D eigenvalue weighted by atomic mass is 32.2. The number of benzene rings is 2. The number of rotatable bonds is 6. The van der Waals surface area contributed by atoms with Crippen LogP contribution in [0.2, 0.25) is 0 Å². The third-order valence-corrected chi connectivity index (χ3v) is 7.38. The molecule has 0 saturated carbocycles. The molecule has 2 aromatic carbocycles. The van der Waals surface area contributed by atoms with E-state index in [0.717, 1.165) is 34.0 Å². The maximum absolute atomic E-state index is 13.1. The first-order valence-corrected chi connectivity index (χ1v) is 12.2. The van der Waals surface area contributed by atoms with Gasteiger partial charge in [-0.2, -0.15) is 4.31 Å². The zero-order valence-electron chi connectivity index (χ0n) is 18.7. The van der Waals surface area contributed by atoms with Crippen molar-refractivity contribution in [3.8, 4) is 17.0 Å². The van der Waals surface area contributed by atoms with Gasteiger partial charge in [-0.05, 0) is 80.4 Å². The molecule has 1 aromatic heterocycles. The summed E-state index contributed by atoms with van der Waals surface area (Å²) in [4.78, 5) is 2.44. The number of anilines is 1. The molecular weight excluding hydrogens is 424 g/mol. The van der Waals surface area contributed by atoms with E-state index < -0.39 is 10.0 Å². The van der Waals surface area contributed by atoms with Crippen molar-refractivity contribution in [2.45, 2.75) is 25.7 Å². The molecule has 4 rings (SSSR count). The van der Waals surface area contributed by atoms with E-state index >= 15 is 0 Å². The summed E-state index contributed by atoms with van der Waals surface area (Å²) in [7, 11) is -3.50. The van der Waals surface area contributed by atoms with Crippen LogP contribution in [0.4, 0.5) is 5.82 Å². The Morgan fingerprint density at radius 3 is 2.09 bits per heavy atom. The van der Waals surface area contributed by atoms with Gasteiger partial charge in [-0.1, -0.05) is 6.07 Å². The minimum Gasteiger partial charge on any atom is -0.494 e. The molecule has 8 heteroatoms. The van der Waals surface area contributed by atoms with Gasteiger partial charge in [0.1, 0.15) is 5.75 Å². The molecule has 2 heterocycles. The van der Waals surface area contributed by atoms with Crippen LogP contribution >= 0.6 is 0 Å². The molecule has 0 bridgehead atoms. The predicted octanol–water partition coefficient (Wildman–Crippen LogP) is 3.67. The maximum Gasteiger partial charge on any atom is 0.243 e. The number of hydrogen-bond acceptors (Lipinski definition) is 6. The molecular formula is C24H28N4O3S. The summed E-state index contributed by atoms with van der Waals surface area (Å²) in [6, 6.07) is 17.1. The Kier molecular flexibility index (Phi) is 6.43. The SMILES string of the molecule is CCOc1ccc(-c2ccc(N3CCN(S(=O)(=O)c4cc(C)cc(C)c4)CC3)nn2)cc1. The lowest BCUT2D eigenvalue weighted by Crippen LogP contribution is -2.49. The number of hydrogen-bond donors (Lipinski definition) is 0. The predicted molar refractivity (Wildman–Crippen MR) is 126 cm³/mol. The van der Waals surface area contributed by atoms with E-state index in [-0.39, 0.29) is 0 Å². The summed E-state index contributed by atoms with van der Waals surface area (Å²) >= 11 is 0. The van der Waals surface area contributed by atoms with Crippen molar-refractivity contribution < 1.29 is 13.2 Å². The lowest BCUT2D eigenvalue weighted by atomic mass is 10.1. The van der Waals surface area contributed by atoms with E-state index in [4.69, 9.17) is 4.74 Å². The molecule has 0 spiro atoms. The van der Waals surface area contributed by atoms with Crippen LogP contribution in [-0.4, -0.2) is 55.7 Å². The highest BCUT2D eigenvalue weighted by Crippen LogP contribution is 2.24. The normalized spacial score (nSPS) is 15.0. The second-order valence-corrected chi connectivity index (χ2v) is 9.89. The number of aromatic nitrogens is 2. The van der Waals surface area contributed by atoms with Crippen LogP contribution in [0.3, 0.4) is 0 Å². The minimum absolute atomic E-state index is 0.364. The third-order valence-electron chi connectivity index (χ3n) is 5.51. The second-order valence-electron chi connectivity index (χ2n) is 7.95. The summed E-state index contributed by atoms with van der Waals surface area (Å²) in [5.74, 6) is 1.58. The van der Waals surface area contributed by atoms with Crippen LogP contribution in [-0.2, 0) is 10.0 Å². The first-order valence-electron chi connectivity index (χ1n) is 10.8. The van der Waals surface area contributed by atoms with E-state index in [1.54, 1.807) is 16.4 Å². The fourth-order valence-corrected chi connectivity index (χ4v) is 5.54. The van der Waals surface area contributed by atoms with E-state index in [1.165, 1.54) is 0 Å². The Labute approximate surface area is 189 Å². The lowest BCUT2D eigenvalue weighted by Gasteiger charge is -2.34. The molecule has 0 atom stereocenters. The second kappa shape index (κ2) is 9.26. The van der Waals surface area contributed by atoms with Gasteiger partial charge in [-0.3, -0.25) is 0 Å². The van der Waals surface area contributed by atoms with E-state index in [2.05, 4.69) is 15.1 Å². The van der Waals surface area contributed by atoms with Gasteiger partial charge in [0.05, 0.1) is 17.2 Å². The van der Waals surface area contributed by atoms with Gasteiger partial charge in [0.15, 0.2) is 5.82 Å². The largest absolute Gasteiger partial charge is 0.494 e. The van der Waals surface area contributed by atoms with E-state index in [0.29, 0.717) is 37.7 Å². The molecule has 7 nitrogen and oxygen atoms in total. The zero-order valence-corrected chi connectivity index (χ0v) is 19.5. The molecule has 3 aromatic rings. The van der Waals surface area contributed by atoms with Crippen molar-refractivity contribution in [1.29, 1.82) is 0 Å². The van der Waals surface area contributed by atoms with Gasteiger partial charge in [-0.25, -0.2) is 8.42 Å². The standard InChI is InChI=1S/C24H28N4O3S/c1-4-31-21-7-5-20(6-8-21)23-9-10-24(26-25-23)27-11-13-28(14-12-27)32(29,30)22-16-18(2)15-19(3)17-22/h5-10,15-17H,4,11-14H2,1-3H3. The molecule has 1 fully saturated rings. The fourth-order valence-electron chi connectivity index (χ4n) is 3.92. The molecule has 1 aliphatic heterocycles. The summed E-state index contributed by atoms with van der Waals surface area (Å²) in [5, 5.41) is 8.75. The molecule has 0 amide bonds. The Morgan fingerprint density at radius 2 is 1.53 bits per heavy atom. The first-order chi connectivity index (χ1) is 15.4. The van der Waals surface area contributed by atoms with Gasteiger partial charge >= 0.3 is 0 Å². The van der Waals surface area contributed by atoms with Gasteiger partial charge in [0.2, 0.25) is 10.0 Å². The van der Waals surface area contributed by atoms with E-state index in [1.807, 2.05) is 63.2 Å². The number of nitrogens with zero attached hydrogens (tertiary/aromatic N) is 4. The van der Waals surface area contributed by atoms with Crippen molar-refractivity contribution in [3.63, 3.8) is 0 Å². The van der Waals surface area contributed by atoms with Gasteiger partial charge in [0.25, 0.3) is 0 Å². The number of aryl methyl sites for hydroxylation is 2. The van der Waals surface area contributed by atoms with Crippen LogP contribution in [0.5, 0.6) is 5.75 Å². The highest BCUT2D eigenvalue weighted by Gasteiger charge is 2.29. The zero-order chi connectivity index (χ0) is 22.7. The first kappa shape index (κ1) is 22.2. The third kappa shape index (κ3) is 4.76. The Balaban J connectivity index is 1.42. The number of ether oxygens (including phenoxy) is 1. The van der Waals surface area contributed by atoms with Crippen molar-refractivity contribution in [2.24, 2.45) is 0 Å². The molecule has 0 N–H and O–H groups in total. The molecule has 0 radical (unpaired) electrons.